The lowest BCUT2D eigenvalue weighted by molar-refractivity contribution is -0.147. The minimum atomic E-state index is -0.199. The van der Waals surface area contributed by atoms with Gasteiger partial charge in [-0.3, -0.25) is 4.79 Å². The number of rotatable bonds is 2. The SMILES string of the molecule is CC1CCCC(CN)N1C(=O)[C@@H]1CCCO1. The summed E-state index contributed by atoms with van der Waals surface area (Å²) < 4.78 is 5.48. The molecular formula is C12H22N2O2. The van der Waals surface area contributed by atoms with Crippen molar-refractivity contribution in [1.82, 2.24) is 4.90 Å². The van der Waals surface area contributed by atoms with E-state index in [0.29, 0.717) is 12.6 Å². The fraction of sp³-hybridized carbons (Fsp3) is 0.917. The van der Waals surface area contributed by atoms with Crippen LogP contribution in [0.5, 0.6) is 0 Å². The lowest BCUT2D eigenvalue weighted by Gasteiger charge is -2.41. The number of carbonyl (C=O) groups is 1. The highest BCUT2D eigenvalue weighted by atomic mass is 16.5. The van der Waals surface area contributed by atoms with E-state index >= 15 is 0 Å². The fourth-order valence-corrected chi connectivity index (χ4v) is 2.85. The summed E-state index contributed by atoms with van der Waals surface area (Å²) in [5.41, 5.74) is 5.76. The van der Waals surface area contributed by atoms with Crippen LogP contribution in [-0.4, -0.2) is 42.1 Å². The van der Waals surface area contributed by atoms with Crippen molar-refractivity contribution in [3.8, 4) is 0 Å². The van der Waals surface area contributed by atoms with Crippen molar-refractivity contribution >= 4 is 5.91 Å². The van der Waals surface area contributed by atoms with E-state index in [2.05, 4.69) is 6.92 Å². The average Bonchev–Trinajstić information content (AvgIpc) is 2.81. The molecule has 2 rings (SSSR count). The third-order valence-electron chi connectivity index (χ3n) is 3.76. The standard InChI is InChI=1S/C12H22N2O2/c1-9-4-2-5-10(8-13)14(9)12(15)11-6-3-7-16-11/h9-11H,2-8,13H2,1H3/t9?,10?,11-/m0/s1. The van der Waals surface area contributed by atoms with Crippen molar-refractivity contribution in [3.05, 3.63) is 0 Å². The Hall–Kier alpha value is -0.610. The van der Waals surface area contributed by atoms with Crippen molar-refractivity contribution < 1.29 is 9.53 Å². The molecule has 0 aliphatic carbocycles. The van der Waals surface area contributed by atoms with E-state index in [9.17, 15) is 4.79 Å². The van der Waals surface area contributed by atoms with E-state index in [1.165, 1.54) is 6.42 Å². The molecule has 2 heterocycles. The zero-order chi connectivity index (χ0) is 11.5. The number of hydrogen-bond donors (Lipinski definition) is 1. The Bertz CT molecular complexity index is 251. The highest BCUT2D eigenvalue weighted by molar-refractivity contribution is 5.82. The zero-order valence-electron chi connectivity index (χ0n) is 10.0. The highest BCUT2D eigenvalue weighted by Gasteiger charge is 2.36. The molecule has 2 aliphatic heterocycles. The third kappa shape index (κ3) is 2.23. The van der Waals surface area contributed by atoms with E-state index in [-0.39, 0.29) is 18.1 Å². The number of hydrogen-bond acceptors (Lipinski definition) is 3. The van der Waals surface area contributed by atoms with Crippen LogP contribution in [0.4, 0.5) is 0 Å². The second kappa shape index (κ2) is 5.15. The van der Waals surface area contributed by atoms with Crippen LogP contribution in [0.1, 0.15) is 39.0 Å². The first-order chi connectivity index (χ1) is 7.74. The summed E-state index contributed by atoms with van der Waals surface area (Å²) in [6, 6.07) is 0.541. The Morgan fingerprint density at radius 2 is 2.19 bits per heavy atom. The molecule has 2 saturated heterocycles. The topological polar surface area (TPSA) is 55.6 Å². The molecule has 2 unspecified atom stereocenters. The molecule has 0 radical (unpaired) electrons. The molecule has 92 valence electrons. The summed E-state index contributed by atoms with van der Waals surface area (Å²) in [7, 11) is 0. The van der Waals surface area contributed by atoms with Gasteiger partial charge in [0.05, 0.1) is 0 Å². The van der Waals surface area contributed by atoms with Crippen molar-refractivity contribution in [3.63, 3.8) is 0 Å². The summed E-state index contributed by atoms with van der Waals surface area (Å²) in [6.45, 7) is 3.42. The van der Waals surface area contributed by atoms with Crippen LogP contribution >= 0.6 is 0 Å². The van der Waals surface area contributed by atoms with Gasteiger partial charge in [-0.2, -0.15) is 0 Å². The minimum absolute atomic E-state index is 0.167. The molecule has 1 amide bonds. The molecule has 0 saturated carbocycles. The minimum Gasteiger partial charge on any atom is -0.368 e. The Morgan fingerprint density at radius 1 is 1.38 bits per heavy atom. The molecule has 0 bridgehead atoms. The number of likely N-dealkylation sites (tertiary alicyclic amines) is 1. The molecule has 0 aromatic heterocycles. The van der Waals surface area contributed by atoms with E-state index in [0.717, 1.165) is 32.3 Å². The van der Waals surface area contributed by atoms with Crippen molar-refractivity contribution in [2.75, 3.05) is 13.2 Å². The summed E-state index contributed by atoms with van der Waals surface area (Å²) in [5, 5.41) is 0. The smallest absolute Gasteiger partial charge is 0.252 e. The van der Waals surface area contributed by atoms with Gasteiger partial charge in [0, 0.05) is 25.2 Å². The molecule has 2 fully saturated rings. The van der Waals surface area contributed by atoms with Crippen molar-refractivity contribution in [2.24, 2.45) is 5.73 Å². The molecule has 4 heteroatoms. The number of amides is 1. The first-order valence-corrected chi connectivity index (χ1v) is 6.38. The molecule has 4 nitrogen and oxygen atoms in total. The van der Waals surface area contributed by atoms with Crippen LogP contribution in [0, 0.1) is 0 Å². The monoisotopic (exact) mass is 226 g/mol. The van der Waals surface area contributed by atoms with Crippen molar-refractivity contribution in [1.29, 1.82) is 0 Å². The van der Waals surface area contributed by atoms with Gasteiger partial charge in [-0.25, -0.2) is 0 Å². The zero-order valence-corrected chi connectivity index (χ0v) is 10.0. The summed E-state index contributed by atoms with van der Waals surface area (Å²) in [6.07, 6.45) is 4.99. The van der Waals surface area contributed by atoms with Crippen LogP contribution in [-0.2, 0) is 9.53 Å². The largest absolute Gasteiger partial charge is 0.368 e. The van der Waals surface area contributed by atoms with Crippen LogP contribution in [0.15, 0.2) is 0 Å². The van der Waals surface area contributed by atoms with Gasteiger partial charge in [-0.05, 0) is 39.0 Å². The van der Waals surface area contributed by atoms with Gasteiger partial charge in [0.25, 0.3) is 5.91 Å². The molecule has 2 N–H and O–H groups in total. The molecule has 0 aromatic rings. The van der Waals surface area contributed by atoms with Gasteiger partial charge in [-0.1, -0.05) is 0 Å². The van der Waals surface area contributed by atoms with Gasteiger partial charge in [0.15, 0.2) is 0 Å². The van der Waals surface area contributed by atoms with Crippen LogP contribution < -0.4 is 5.73 Å². The van der Waals surface area contributed by atoms with Gasteiger partial charge in [-0.15, -0.1) is 0 Å². The molecule has 16 heavy (non-hydrogen) atoms. The van der Waals surface area contributed by atoms with Crippen molar-refractivity contribution in [2.45, 2.75) is 57.2 Å². The van der Waals surface area contributed by atoms with Crippen LogP contribution in [0.25, 0.3) is 0 Å². The van der Waals surface area contributed by atoms with Gasteiger partial charge in [0.2, 0.25) is 0 Å². The predicted octanol–water partition coefficient (Wildman–Crippen LogP) is 0.894. The summed E-state index contributed by atoms with van der Waals surface area (Å²) >= 11 is 0. The number of nitrogens with zero attached hydrogens (tertiary/aromatic N) is 1. The Labute approximate surface area is 97.1 Å². The summed E-state index contributed by atoms with van der Waals surface area (Å²) in [5.74, 6) is 0.167. The average molecular weight is 226 g/mol. The highest BCUT2D eigenvalue weighted by Crippen LogP contribution is 2.25. The fourth-order valence-electron chi connectivity index (χ4n) is 2.85. The molecule has 0 aromatic carbocycles. The van der Waals surface area contributed by atoms with E-state index in [1.807, 2.05) is 4.90 Å². The molecule has 0 spiro atoms. The lowest BCUT2D eigenvalue weighted by Crippen LogP contribution is -2.54. The Morgan fingerprint density at radius 3 is 2.81 bits per heavy atom. The van der Waals surface area contributed by atoms with E-state index in [4.69, 9.17) is 10.5 Å². The quantitative estimate of drug-likeness (QED) is 0.761. The second-order valence-electron chi connectivity index (χ2n) is 4.92. The number of piperidine rings is 1. The molecular weight excluding hydrogens is 204 g/mol. The van der Waals surface area contributed by atoms with Gasteiger partial charge in [0.1, 0.15) is 6.10 Å². The van der Waals surface area contributed by atoms with E-state index in [1.54, 1.807) is 0 Å². The van der Waals surface area contributed by atoms with Crippen LogP contribution in [0.3, 0.4) is 0 Å². The van der Waals surface area contributed by atoms with Gasteiger partial charge < -0.3 is 15.4 Å². The maximum atomic E-state index is 12.3. The predicted molar refractivity (Wildman–Crippen MR) is 62.0 cm³/mol. The maximum absolute atomic E-state index is 12.3. The number of nitrogens with two attached hydrogens (primary N) is 1. The first kappa shape index (κ1) is 11.9. The van der Waals surface area contributed by atoms with Gasteiger partial charge >= 0.3 is 0 Å². The Balaban J connectivity index is 2.05. The normalized spacial score (nSPS) is 35.4. The van der Waals surface area contributed by atoms with Crippen LogP contribution in [0.2, 0.25) is 0 Å². The third-order valence-corrected chi connectivity index (χ3v) is 3.76. The molecule has 3 atom stereocenters. The second-order valence-corrected chi connectivity index (χ2v) is 4.92. The molecule has 2 aliphatic rings. The number of ether oxygens (including phenoxy) is 1. The Kier molecular flexibility index (Phi) is 3.82. The first-order valence-electron chi connectivity index (χ1n) is 6.38. The number of carbonyl (C=O) groups excluding carboxylic acids is 1. The van der Waals surface area contributed by atoms with E-state index < -0.39 is 0 Å². The lowest BCUT2D eigenvalue weighted by atomic mass is 9.95. The maximum Gasteiger partial charge on any atom is 0.252 e. The summed E-state index contributed by atoms with van der Waals surface area (Å²) in [4.78, 5) is 14.3.